The van der Waals surface area contributed by atoms with Gasteiger partial charge < -0.3 is 20.0 Å². The Morgan fingerprint density at radius 2 is 1.93 bits per heavy atom. The van der Waals surface area contributed by atoms with Crippen LogP contribution in [-0.4, -0.2) is 75.2 Å². The molecular formula is C20H30F3N5. The highest BCUT2D eigenvalue weighted by Crippen LogP contribution is 2.31. The molecule has 2 fully saturated rings. The van der Waals surface area contributed by atoms with Gasteiger partial charge in [0.1, 0.15) is 0 Å². The summed E-state index contributed by atoms with van der Waals surface area (Å²) >= 11 is 0. The van der Waals surface area contributed by atoms with Gasteiger partial charge in [-0.3, -0.25) is 4.99 Å². The lowest BCUT2D eigenvalue weighted by Gasteiger charge is -2.38. The van der Waals surface area contributed by atoms with Crippen LogP contribution >= 0.6 is 0 Å². The Labute approximate surface area is 165 Å². The number of hydrogen-bond donors (Lipinski definition) is 1. The normalized spacial score (nSPS) is 22.0. The van der Waals surface area contributed by atoms with Gasteiger partial charge in [0.05, 0.1) is 5.56 Å². The molecule has 1 unspecified atom stereocenters. The van der Waals surface area contributed by atoms with Gasteiger partial charge in [-0.25, -0.2) is 0 Å². The molecule has 8 heteroatoms. The van der Waals surface area contributed by atoms with Crippen molar-refractivity contribution >= 4 is 11.6 Å². The number of likely N-dealkylation sites (tertiary alicyclic amines) is 1. The molecule has 156 valence electrons. The molecule has 5 nitrogen and oxygen atoms in total. The van der Waals surface area contributed by atoms with Crippen LogP contribution in [0.25, 0.3) is 0 Å². The molecule has 0 saturated carbocycles. The second kappa shape index (κ2) is 9.03. The van der Waals surface area contributed by atoms with Crippen LogP contribution in [-0.2, 0) is 6.18 Å². The highest BCUT2D eigenvalue weighted by molar-refractivity contribution is 5.80. The molecular weight excluding hydrogens is 367 g/mol. The van der Waals surface area contributed by atoms with Crippen molar-refractivity contribution in [3.8, 4) is 0 Å². The quantitative estimate of drug-likeness (QED) is 0.626. The van der Waals surface area contributed by atoms with Crippen LogP contribution in [0.3, 0.4) is 0 Å². The summed E-state index contributed by atoms with van der Waals surface area (Å²) in [5, 5.41) is 3.37. The van der Waals surface area contributed by atoms with Gasteiger partial charge in [0.15, 0.2) is 5.96 Å². The van der Waals surface area contributed by atoms with E-state index in [2.05, 4.69) is 29.1 Å². The largest absolute Gasteiger partial charge is 0.416 e. The van der Waals surface area contributed by atoms with E-state index in [0.717, 1.165) is 51.3 Å². The van der Waals surface area contributed by atoms with Crippen molar-refractivity contribution in [2.45, 2.75) is 19.5 Å². The summed E-state index contributed by atoms with van der Waals surface area (Å²) in [6, 6.07) is 5.59. The molecule has 2 aliphatic rings. The minimum absolute atomic E-state index is 0.594. The molecule has 0 amide bonds. The van der Waals surface area contributed by atoms with Crippen molar-refractivity contribution in [2.75, 3.05) is 64.3 Å². The van der Waals surface area contributed by atoms with Crippen LogP contribution in [0.2, 0.25) is 0 Å². The van der Waals surface area contributed by atoms with Crippen molar-refractivity contribution < 1.29 is 13.2 Å². The van der Waals surface area contributed by atoms with Crippen molar-refractivity contribution in [2.24, 2.45) is 10.9 Å². The Hall–Kier alpha value is -1.96. The molecule has 1 N–H and O–H groups in total. The number of hydrogen-bond acceptors (Lipinski definition) is 3. The number of rotatable bonds is 4. The van der Waals surface area contributed by atoms with Crippen LogP contribution in [0.15, 0.2) is 29.3 Å². The van der Waals surface area contributed by atoms with E-state index >= 15 is 0 Å². The van der Waals surface area contributed by atoms with Crippen molar-refractivity contribution in [1.82, 2.24) is 15.1 Å². The van der Waals surface area contributed by atoms with Crippen molar-refractivity contribution in [3.05, 3.63) is 29.8 Å². The summed E-state index contributed by atoms with van der Waals surface area (Å²) in [7, 11) is 2.14. The van der Waals surface area contributed by atoms with E-state index in [-0.39, 0.29) is 0 Å². The van der Waals surface area contributed by atoms with Crippen LogP contribution in [0, 0.1) is 5.92 Å². The number of anilines is 1. The maximum atomic E-state index is 13.0. The first-order chi connectivity index (χ1) is 13.4. The fourth-order valence-corrected chi connectivity index (χ4v) is 3.87. The third-order valence-corrected chi connectivity index (χ3v) is 5.44. The molecule has 0 spiro atoms. The van der Waals surface area contributed by atoms with Crippen molar-refractivity contribution in [1.29, 1.82) is 0 Å². The average molecular weight is 397 g/mol. The maximum absolute atomic E-state index is 13.0. The monoisotopic (exact) mass is 397 g/mol. The lowest BCUT2D eigenvalue weighted by molar-refractivity contribution is -0.137. The molecule has 28 heavy (non-hydrogen) atoms. The van der Waals surface area contributed by atoms with Gasteiger partial charge in [-0.1, -0.05) is 6.07 Å². The van der Waals surface area contributed by atoms with Gasteiger partial charge in [0.25, 0.3) is 0 Å². The first kappa shape index (κ1) is 20.8. The Bertz CT molecular complexity index is 668. The number of guanidine groups is 1. The zero-order valence-corrected chi connectivity index (χ0v) is 16.7. The fraction of sp³-hybridized carbons (Fsp3) is 0.650. The first-order valence-electron chi connectivity index (χ1n) is 10.0. The fourth-order valence-electron chi connectivity index (χ4n) is 3.87. The van der Waals surface area contributed by atoms with E-state index in [9.17, 15) is 13.2 Å². The second-order valence-corrected chi connectivity index (χ2v) is 7.63. The molecule has 0 bridgehead atoms. The smallest absolute Gasteiger partial charge is 0.368 e. The molecule has 1 aromatic rings. The van der Waals surface area contributed by atoms with Gasteiger partial charge >= 0.3 is 6.18 Å². The molecule has 2 saturated heterocycles. The lowest BCUT2D eigenvalue weighted by Crippen LogP contribution is -2.52. The van der Waals surface area contributed by atoms with Gasteiger partial charge in [0.2, 0.25) is 0 Å². The number of piperazine rings is 1. The summed E-state index contributed by atoms with van der Waals surface area (Å²) in [4.78, 5) is 11.4. The average Bonchev–Trinajstić information content (AvgIpc) is 3.10. The van der Waals surface area contributed by atoms with Gasteiger partial charge in [-0.15, -0.1) is 0 Å². The number of nitrogens with one attached hydrogen (secondary N) is 1. The number of benzene rings is 1. The minimum atomic E-state index is -4.31. The predicted octanol–water partition coefficient (Wildman–Crippen LogP) is 2.74. The minimum Gasteiger partial charge on any atom is -0.368 e. The maximum Gasteiger partial charge on any atom is 0.416 e. The van der Waals surface area contributed by atoms with E-state index in [4.69, 9.17) is 4.99 Å². The Morgan fingerprint density at radius 3 is 2.54 bits per heavy atom. The zero-order valence-electron chi connectivity index (χ0n) is 16.7. The Balaban J connectivity index is 1.59. The lowest BCUT2D eigenvalue weighted by atomic mass is 10.1. The Kier molecular flexibility index (Phi) is 6.69. The molecule has 2 heterocycles. The summed E-state index contributed by atoms with van der Waals surface area (Å²) in [5.41, 5.74) is 0.0364. The number of halogens is 3. The highest BCUT2D eigenvalue weighted by Gasteiger charge is 2.31. The van der Waals surface area contributed by atoms with Crippen LogP contribution < -0.4 is 10.2 Å². The van der Waals surface area contributed by atoms with Gasteiger partial charge in [-0.2, -0.15) is 13.2 Å². The van der Waals surface area contributed by atoms with Crippen LogP contribution in [0.4, 0.5) is 18.9 Å². The number of nitrogens with zero attached hydrogens (tertiary/aromatic N) is 4. The molecule has 1 aromatic carbocycles. The van der Waals surface area contributed by atoms with Gasteiger partial charge in [0, 0.05) is 51.5 Å². The van der Waals surface area contributed by atoms with Crippen LogP contribution in [0.1, 0.15) is 18.9 Å². The Morgan fingerprint density at radius 1 is 1.18 bits per heavy atom. The SMILES string of the molecule is CCNC(=NCC1CCN(C)C1)N1CCN(c2cccc(C(F)(F)F)c2)CC1. The summed E-state index contributed by atoms with van der Waals surface area (Å²) in [6.45, 7) is 8.74. The van der Waals surface area contributed by atoms with E-state index in [1.165, 1.54) is 18.6 Å². The summed E-state index contributed by atoms with van der Waals surface area (Å²) in [6.07, 6.45) is -3.13. The first-order valence-corrected chi connectivity index (χ1v) is 10.0. The molecule has 1 atom stereocenters. The highest BCUT2D eigenvalue weighted by atomic mass is 19.4. The zero-order chi connectivity index (χ0) is 20.1. The van der Waals surface area contributed by atoms with E-state index in [0.29, 0.717) is 24.7 Å². The van der Waals surface area contributed by atoms with E-state index < -0.39 is 11.7 Å². The molecule has 3 rings (SSSR count). The second-order valence-electron chi connectivity index (χ2n) is 7.63. The predicted molar refractivity (Wildman–Crippen MR) is 107 cm³/mol. The summed E-state index contributed by atoms with van der Waals surface area (Å²) in [5.74, 6) is 1.52. The van der Waals surface area contributed by atoms with Gasteiger partial charge in [-0.05, 0) is 51.1 Å². The third kappa shape index (κ3) is 5.31. The molecule has 0 aliphatic carbocycles. The number of alkyl halides is 3. The topological polar surface area (TPSA) is 34.1 Å². The molecule has 2 aliphatic heterocycles. The molecule has 0 radical (unpaired) electrons. The van der Waals surface area contributed by atoms with Crippen molar-refractivity contribution in [3.63, 3.8) is 0 Å². The standard InChI is InChI=1S/C20H30F3N5/c1-3-24-19(25-14-16-7-8-26(2)15-16)28-11-9-27(10-12-28)18-6-4-5-17(13-18)20(21,22)23/h4-6,13,16H,3,7-12,14-15H2,1-2H3,(H,24,25). The van der Waals surface area contributed by atoms with Crippen LogP contribution in [0.5, 0.6) is 0 Å². The summed E-state index contributed by atoms with van der Waals surface area (Å²) < 4.78 is 38.9. The van der Waals surface area contributed by atoms with E-state index in [1.807, 2.05) is 4.90 Å². The number of aliphatic imine (C=N–C) groups is 1. The van der Waals surface area contributed by atoms with E-state index in [1.54, 1.807) is 6.07 Å². The third-order valence-electron chi connectivity index (χ3n) is 5.44. The molecule has 0 aromatic heterocycles.